The summed E-state index contributed by atoms with van der Waals surface area (Å²) in [4.78, 5) is 44.8. The Balaban J connectivity index is 0.000000304. The van der Waals surface area contributed by atoms with Crippen molar-refractivity contribution in [2.24, 2.45) is 0 Å². The van der Waals surface area contributed by atoms with Crippen LogP contribution in [0.5, 0.6) is 5.75 Å². The summed E-state index contributed by atoms with van der Waals surface area (Å²) in [7, 11) is 0. The van der Waals surface area contributed by atoms with E-state index >= 15 is 0 Å². The van der Waals surface area contributed by atoms with Gasteiger partial charge in [0, 0.05) is 83.7 Å². The lowest BCUT2D eigenvalue weighted by Crippen LogP contribution is -2.53. The van der Waals surface area contributed by atoms with Crippen molar-refractivity contribution in [1.82, 2.24) is 19.6 Å². The Morgan fingerprint density at radius 2 is 1.63 bits per heavy atom. The van der Waals surface area contributed by atoms with Crippen molar-refractivity contribution in [2.75, 3.05) is 71.0 Å². The van der Waals surface area contributed by atoms with Crippen molar-refractivity contribution in [3.8, 4) is 5.75 Å². The Labute approximate surface area is 295 Å². The van der Waals surface area contributed by atoms with Gasteiger partial charge in [0.2, 0.25) is 0 Å². The number of piperidine rings is 1. The van der Waals surface area contributed by atoms with Crippen LogP contribution in [-0.4, -0.2) is 115 Å². The molecule has 3 saturated heterocycles. The average Bonchev–Trinajstić information content (AvgIpc) is 3.27. The first kappa shape index (κ1) is 36.5. The lowest BCUT2D eigenvalue weighted by atomic mass is 10.0. The number of esters is 1. The molecule has 49 heavy (non-hydrogen) atoms. The molecular weight excluding hydrogens is 646 g/mol. The minimum Gasteiger partial charge on any atom is -0.470 e. The second-order valence-electron chi connectivity index (χ2n) is 13.2. The summed E-state index contributed by atoms with van der Waals surface area (Å²) >= 11 is 5.90. The highest BCUT2D eigenvalue weighted by molar-refractivity contribution is 6.32. The summed E-state index contributed by atoms with van der Waals surface area (Å²) < 4.78 is 16.3. The van der Waals surface area contributed by atoms with E-state index in [0.717, 1.165) is 108 Å². The number of nitrogens with zero attached hydrogens (tertiary/aromatic N) is 4. The molecule has 266 valence electrons. The third-order valence-electron chi connectivity index (χ3n) is 9.76. The van der Waals surface area contributed by atoms with E-state index in [-0.39, 0.29) is 30.6 Å². The molecule has 4 aliphatic heterocycles. The van der Waals surface area contributed by atoms with Crippen molar-refractivity contribution < 1.29 is 28.6 Å². The number of aryl methyl sites for hydroxylation is 2. The van der Waals surface area contributed by atoms with Crippen molar-refractivity contribution in [1.29, 1.82) is 0 Å². The molecule has 0 bridgehead atoms. The van der Waals surface area contributed by atoms with E-state index in [9.17, 15) is 14.4 Å². The highest BCUT2D eigenvalue weighted by atomic mass is 35.5. The van der Waals surface area contributed by atoms with Crippen LogP contribution in [0.3, 0.4) is 0 Å². The Hall–Kier alpha value is -3.80. The van der Waals surface area contributed by atoms with Crippen LogP contribution >= 0.6 is 11.6 Å². The zero-order valence-corrected chi connectivity index (χ0v) is 29.8. The standard InChI is InChI=1S/C27H39N5O4.C10H11ClO2/c1-21(36-20-26(33)31-16-14-30(15-17-31)23-9-18-35-19-10-23)29-11-7-24(8-12-29)32-13-6-22-4-2-3-5-25(22)28-27(32)34;1-6-4-7(2)10(9(11)5-6)13-8(3)12/h2-5,23-24H,1,6-20H2,(H,28,34);4-5H,1-3H3. The highest BCUT2D eigenvalue weighted by Gasteiger charge is 2.31. The maximum Gasteiger partial charge on any atom is 0.322 e. The molecule has 3 amide bonds. The number of para-hydroxylation sites is 1. The van der Waals surface area contributed by atoms with Gasteiger partial charge < -0.3 is 34.2 Å². The Morgan fingerprint density at radius 1 is 0.939 bits per heavy atom. The van der Waals surface area contributed by atoms with E-state index in [1.807, 2.05) is 47.9 Å². The van der Waals surface area contributed by atoms with Crippen LogP contribution in [0.1, 0.15) is 49.3 Å². The van der Waals surface area contributed by atoms with Crippen LogP contribution in [0.4, 0.5) is 10.5 Å². The van der Waals surface area contributed by atoms with Crippen molar-refractivity contribution in [2.45, 2.75) is 65.0 Å². The number of anilines is 1. The minimum absolute atomic E-state index is 0.0176. The molecule has 4 aliphatic rings. The van der Waals surface area contributed by atoms with E-state index in [1.165, 1.54) is 12.5 Å². The first-order valence-electron chi connectivity index (χ1n) is 17.4. The van der Waals surface area contributed by atoms with Crippen LogP contribution in [-0.2, 0) is 25.5 Å². The molecule has 6 rings (SSSR count). The normalized spacial score (nSPS) is 19.2. The molecule has 0 atom stereocenters. The molecular formula is C37H50ClN5O6. The maximum absolute atomic E-state index is 12.8. The molecule has 0 spiro atoms. The third kappa shape index (κ3) is 9.89. The number of hydrogen-bond acceptors (Lipinski definition) is 8. The Bertz CT molecular complexity index is 1460. The van der Waals surface area contributed by atoms with E-state index in [2.05, 4.69) is 27.8 Å². The Morgan fingerprint density at radius 3 is 2.31 bits per heavy atom. The van der Waals surface area contributed by atoms with Gasteiger partial charge in [-0.25, -0.2) is 4.79 Å². The zero-order chi connectivity index (χ0) is 34.9. The number of halogens is 1. The van der Waals surface area contributed by atoms with Gasteiger partial charge in [0.1, 0.15) is 0 Å². The van der Waals surface area contributed by atoms with Crippen LogP contribution in [0.25, 0.3) is 0 Å². The largest absolute Gasteiger partial charge is 0.470 e. The Kier molecular flexibility index (Phi) is 12.8. The quantitative estimate of drug-likeness (QED) is 0.239. The number of carbonyl (C=O) groups excluding carboxylic acids is 3. The molecule has 1 N–H and O–H groups in total. The predicted molar refractivity (Wildman–Crippen MR) is 190 cm³/mol. The van der Waals surface area contributed by atoms with Crippen molar-refractivity contribution in [3.05, 3.63) is 70.6 Å². The van der Waals surface area contributed by atoms with Crippen LogP contribution in [0.15, 0.2) is 48.9 Å². The topological polar surface area (TPSA) is 104 Å². The van der Waals surface area contributed by atoms with E-state index < -0.39 is 0 Å². The smallest absolute Gasteiger partial charge is 0.322 e. The highest BCUT2D eigenvalue weighted by Crippen LogP contribution is 2.30. The van der Waals surface area contributed by atoms with E-state index in [1.54, 1.807) is 6.07 Å². The number of likely N-dealkylation sites (tertiary alicyclic amines) is 1. The lowest BCUT2D eigenvalue weighted by molar-refractivity contribution is -0.138. The fourth-order valence-corrected chi connectivity index (χ4v) is 7.41. The van der Waals surface area contributed by atoms with Gasteiger partial charge in [-0.3, -0.25) is 14.5 Å². The summed E-state index contributed by atoms with van der Waals surface area (Å²) in [6.07, 6.45) is 4.74. The van der Waals surface area contributed by atoms with Crippen LogP contribution in [0.2, 0.25) is 5.02 Å². The number of carbonyl (C=O) groups is 3. The molecule has 0 saturated carbocycles. The molecule has 11 nitrogen and oxygen atoms in total. The molecule has 4 heterocycles. The molecule has 2 aromatic carbocycles. The second-order valence-corrected chi connectivity index (χ2v) is 13.6. The first-order chi connectivity index (χ1) is 23.6. The van der Waals surface area contributed by atoms with Gasteiger partial charge in [0.15, 0.2) is 18.2 Å². The fraction of sp³-hybridized carbons (Fsp3) is 0.541. The number of amides is 3. The number of benzene rings is 2. The molecule has 0 aliphatic carbocycles. The molecule has 0 radical (unpaired) electrons. The summed E-state index contributed by atoms with van der Waals surface area (Å²) in [6.45, 7) is 16.5. The number of rotatable bonds is 7. The number of nitrogens with one attached hydrogen (secondary N) is 1. The summed E-state index contributed by atoms with van der Waals surface area (Å²) in [5.41, 5.74) is 4.03. The third-order valence-corrected chi connectivity index (χ3v) is 10.0. The molecule has 2 aromatic rings. The molecule has 12 heteroatoms. The van der Waals surface area contributed by atoms with Gasteiger partial charge in [-0.05, 0) is 81.4 Å². The number of hydrogen-bond donors (Lipinski definition) is 1. The van der Waals surface area contributed by atoms with Crippen LogP contribution in [0, 0.1) is 13.8 Å². The average molecular weight is 696 g/mol. The SMILES string of the molecule is C=C(OCC(=O)N1CCN(C2CCOCC2)CC1)N1CCC(N2CCc3ccccc3NC2=O)CC1.CC(=O)Oc1c(C)cc(C)cc1Cl. The predicted octanol–water partition coefficient (Wildman–Crippen LogP) is 5.23. The number of ether oxygens (including phenoxy) is 3. The summed E-state index contributed by atoms with van der Waals surface area (Å²) in [5, 5.41) is 3.55. The van der Waals surface area contributed by atoms with Gasteiger partial charge in [0.25, 0.3) is 5.91 Å². The molecule has 0 unspecified atom stereocenters. The number of fused-ring (bicyclic) bond motifs is 1. The second kappa shape index (κ2) is 17.2. The summed E-state index contributed by atoms with van der Waals surface area (Å²) in [6, 6.07) is 12.5. The van der Waals surface area contributed by atoms with E-state index in [0.29, 0.717) is 22.7 Å². The lowest BCUT2D eigenvalue weighted by Gasteiger charge is -2.41. The monoisotopic (exact) mass is 695 g/mol. The van der Waals surface area contributed by atoms with Gasteiger partial charge in [-0.2, -0.15) is 0 Å². The fourth-order valence-electron chi connectivity index (χ4n) is 7.05. The number of urea groups is 1. The first-order valence-corrected chi connectivity index (χ1v) is 17.7. The number of piperazine rings is 1. The molecule has 0 aromatic heterocycles. The maximum atomic E-state index is 12.8. The summed E-state index contributed by atoms with van der Waals surface area (Å²) in [5.74, 6) is 0.683. The van der Waals surface area contributed by atoms with Gasteiger partial charge >= 0.3 is 12.0 Å². The van der Waals surface area contributed by atoms with Gasteiger partial charge in [-0.1, -0.05) is 35.9 Å². The zero-order valence-electron chi connectivity index (χ0n) is 29.0. The van der Waals surface area contributed by atoms with Crippen molar-refractivity contribution in [3.63, 3.8) is 0 Å². The van der Waals surface area contributed by atoms with E-state index in [4.69, 9.17) is 25.8 Å². The van der Waals surface area contributed by atoms with Crippen molar-refractivity contribution >= 4 is 35.2 Å². The van der Waals surface area contributed by atoms with Gasteiger partial charge in [-0.15, -0.1) is 0 Å². The van der Waals surface area contributed by atoms with Gasteiger partial charge in [0.05, 0.1) is 5.02 Å². The molecule has 3 fully saturated rings. The minimum atomic E-state index is -0.353. The van der Waals surface area contributed by atoms with Crippen LogP contribution < -0.4 is 10.1 Å².